The molecule has 2 rings (SSSR count). The van der Waals surface area contributed by atoms with Gasteiger partial charge in [-0.1, -0.05) is 18.2 Å². The van der Waals surface area contributed by atoms with Crippen LogP contribution in [0.2, 0.25) is 0 Å². The predicted molar refractivity (Wildman–Crippen MR) is 64.9 cm³/mol. The van der Waals surface area contributed by atoms with Crippen molar-refractivity contribution in [3.05, 3.63) is 46.8 Å². The highest BCUT2D eigenvalue weighted by atomic mass is 79.9. The third-order valence-electron chi connectivity index (χ3n) is 1.93. The first-order valence-corrected chi connectivity index (χ1v) is 5.50. The quantitative estimate of drug-likeness (QED) is 0.937. The molecule has 0 fully saturated rings. The van der Waals surface area contributed by atoms with Crippen LogP contribution in [0.1, 0.15) is 5.82 Å². The summed E-state index contributed by atoms with van der Waals surface area (Å²) in [5.41, 5.74) is 5.64. The number of halogens is 1. The zero-order chi connectivity index (χ0) is 11.4. The van der Waals surface area contributed by atoms with Crippen LogP contribution in [0.15, 0.2) is 41.0 Å². The molecular weight excluding hydrogens is 270 g/mol. The largest absolute Gasteiger partial charge is 0.486 e. The van der Waals surface area contributed by atoms with Crippen LogP contribution >= 0.6 is 15.9 Å². The van der Waals surface area contributed by atoms with Crippen LogP contribution in [0.5, 0.6) is 5.75 Å². The van der Waals surface area contributed by atoms with Gasteiger partial charge in [-0.05, 0) is 28.1 Å². The summed E-state index contributed by atoms with van der Waals surface area (Å²) in [5.74, 6) is 1.76. The number of nitrogens with zero attached hydrogens (tertiary/aromatic N) is 2. The molecule has 0 aliphatic heterocycles. The molecule has 0 aliphatic carbocycles. The second-order valence-corrected chi connectivity index (χ2v) is 3.98. The Labute approximate surface area is 102 Å². The average molecular weight is 280 g/mol. The topological polar surface area (TPSA) is 61.0 Å². The van der Waals surface area contributed by atoms with E-state index in [1.54, 1.807) is 6.20 Å². The van der Waals surface area contributed by atoms with E-state index in [4.69, 9.17) is 10.5 Å². The van der Waals surface area contributed by atoms with E-state index in [-0.39, 0.29) is 0 Å². The molecule has 4 nitrogen and oxygen atoms in total. The van der Waals surface area contributed by atoms with Gasteiger partial charge in [-0.3, -0.25) is 0 Å². The number of nitrogens with two attached hydrogens (primary N) is 1. The molecule has 0 saturated heterocycles. The molecule has 82 valence electrons. The fourth-order valence-corrected chi connectivity index (χ4v) is 1.34. The number of rotatable bonds is 3. The molecule has 1 aromatic heterocycles. The van der Waals surface area contributed by atoms with Crippen LogP contribution in [0.25, 0.3) is 0 Å². The fourth-order valence-electron chi connectivity index (χ4n) is 1.15. The number of benzene rings is 1. The van der Waals surface area contributed by atoms with Gasteiger partial charge in [0.1, 0.15) is 18.2 Å². The van der Waals surface area contributed by atoms with E-state index in [0.717, 1.165) is 5.75 Å². The monoisotopic (exact) mass is 279 g/mol. The number of para-hydroxylation sites is 1. The lowest BCUT2D eigenvalue weighted by Gasteiger charge is -2.05. The van der Waals surface area contributed by atoms with Gasteiger partial charge in [0.25, 0.3) is 0 Å². The maximum Gasteiger partial charge on any atom is 0.168 e. The second-order valence-electron chi connectivity index (χ2n) is 3.12. The third kappa shape index (κ3) is 2.70. The zero-order valence-electron chi connectivity index (χ0n) is 8.43. The Morgan fingerprint density at radius 2 is 2.00 bits per heavy atom. The minimum absolute atomic E-state index is 0.307. The van der Waals surface area contributed by atoms with Crippen molar-refractivity contribution < 1.29 is 4.74 Å². The van der Waals surface area contributed by atoms with E-state index in [1.165, 1.54) is 0 Å². The maximum atomic E-state index is 5.64. The van der Waals surface area contributed by atoms with E-state index in [2.05, 4.69) is 25.9 Å². The highest BCUT2D eigenvalue weighted by Gasteiger charge is 2.02. The SMILES string of the molecule is Nc1nc(COc2ccccc2)ncc1Br. The first-order valence-electron chi connectivity index (χ1n) is 4.70. The molecule has 1 aromatic carbocycles. The molecule has 2 aromatic rings. The Kier molecular flexibility index (Phi) is 3.36. The summed E-state index contributed by atoms with van der Waals surface area (Å²) >= 11 is 3.23. The second kappa shape index (κ2) is 4.94. The molecule has 0 unspecified atom stereocenters. The number of ether oxygens (including phenoxy) is 1. The summed E-state index contributed by atoms with van der Waals surface area (Å²) in [6, 6.07) is 9.50. The normalized spacial score (nSPS) is 10.1. The highest BCUT2D eigenvalue weighted by molar-refractivity contribution is 9.10. The van der Waals surface area contributed by atoms with Gasteiger partial charge in [-0.25, -0.2) is 9.97 Å². The summed E-state index contributed by atoms with van der Waals surface area (Å²) in [6.45, 7) is 0.307. The molecule has 0 radical (unpaired) electrons. The number of hydrogen-bond donors (Lipinski definition) is 1. The predicted octanol–water partition coefficient (Wildman–Crippen LogP) is 2.40. The minimum atomic E-state index is 0.307. The molecular formula is C11H10BrN3O. The lowest BCUT2D eigenvalue weighted by atomic mass is 10.3. The molecule has 1 heterocycles. The van der Waals surface area contributed by atoms with Gasteiger partial charge in [0, 0.05) is 6.20 Å². The standard InChI is InChI=1S/C11H10BrN3O/c12-9-6-14-10(15-11(9)13)7-16-8-4-2-1-3-5-8/h1-6H,7H2,(H2,13,14,15). The Bertz CT molecular complexity index is 476. The average Bonchev–Trinajstić information content (AvgIpc) is 2.32. The van der Waals surface area contributed by atoms with Gasteiger partial charge in [-0.15, -0.1) is 0 Å². The minimum Gasteiger partial charge on any atom is -0.486 e. The van der Waals surface area contributed by atoms with Crippen LogP contribution in [0.4, 0.5) is 5.82 Å². The van der Waals surface area contributed by atoms with Gasteiger partial charge in [-0.2, -0.15) is 0 Å². The van der Waals surface area contributed by atoms with E-state index < -0.39 is 0 Å². The molecule has 0 atom stereocenters. The molecule has 0 aliphatic rings. The number of anilines is 1. The van der Waals surface area contributed by atoms with Gasteiger partial charge < -0.3 is 10.5 Å². The number of hydrogen-bond acceptors (Lipinski definition) is 4. The van der Waals surface area contributed by atoms with Crippen molar-refractivity contribution in [1.29, 1.82) is 0 Å². The van der Waals surface area contributed by atoms with Gasteiger partial charge in [0.05, 0.1) is 4.47 Å². The van der Waals surface area contributed by atoms with Crippen molar-refractivity contribution >= 4 is 21.7 Å². The lowest BCUT2D eigenvalue weighted by molar-refractivity contribution is 0.296. The first kappa shape index (κ1) is 10.9. The van der Waals surface area contributed by atoms with Crippen molar-refractivity contribution in [2.75, 3.05) is 5.73 Å². The molecule has 0 saturated carbocycles. The summed E-state index contributed by atoms with van der Waals surface area (Å²) in [4.78, 5) is 8.17. The van der Waals surface area contributed by atoms with Crippen molar-refractivity contribution in [3.63, 3.8) is 0 Å². The Hall–Kier alpha value is -1.62. The Balaban J connectivity index is 2.03. The van der Waals surface area contributed by atoms with Gasteiger partial charge >= 0.3 is 0 Å². The summed E-state index contributed by atoms with van der Waals surface area (Å²) in [5, 5.41) is 0. The summed E-state index contributed by atoms with van der Waals surface area (Å²) in [7, 11) is 0. The highest BCUT2D eigenvalue weighted by Crippen LogP contribution is 2.15. The van der Waals surface area contributed by atoms with Crippen LogP contribution in [0, 0.1) is 0 Å². The lowest BCUT2D eigenvalue weighted by Crippen LogP contribution is -2.04. The van der Waals surface area contributed by atoms with Gasteiger partial charge in [0.15, 0.2) is 5.82 Å². The fraction of sp³-hybridized carbons (Fsp3) is 0.0909. The zero-order valence-corrected chi connectivity index (χ0v) is 10.0. The Morgan fingerprint density at radius 3 is 2.69 bits per heavy atom. The first-order chi connectivity index (χ1) is 7.75. The molecule has 0 spiro atoms. The molecule has 0 bridgehead atoms. The number of aromatic nitrogens is 2. The van der Waals surface area contributed by atoms with E-state index in [0.29, 0.717) is 22.7 Å². The Morgan fingerprint density at radius 1 is 1.25 bits per heavy atom. The maximum absolute atomic E-state index is 5.64. The van der Waals surface area contributed by atoms with E-state index >= 15 is 0 Å². The van der Waals surface area contributed by atoms with E-state index in [1.807, 2.05) is 30.3 Å². The van der Waals surface area contributed by atoms with Crippen LogP contribution in [-0.2, 0) is 6.61 Å². The van der Waals surface area contributed by atoms with Crippen LogP contribution < -0.4 is 10.5 Å². The summed E-state index contributed by atoms with van der Waals surface area (Å²) < 4.78 is 6.18. The van der Waals surface area contributed by atoms with Crippen molar-refractivity contribution in [2.45, 2.75) is 6.61 Å². The van der Waals surface area contributed by atoms with Crippen LogP contribution in [0.3, 0.4) is 0 Å². The van der Waals surface area contributed by atoms with Crippen molar-refractivity contribution in [3.8, 4) is 5.75 Å². The molecule has 16 heavy (non-hydrogen) atoms. The molecule has 5 heteroatoms. The molecule has 2 N–H and O–H groups in total. The van der Waals surface area contributed by atoms with Gasteiger partial charge in [0.2, 0.25) is 0 Å². The third-order valence-corrected chi connectivity index (χ3v) is 2.54. The molecule has 0 amide bonds. The smallest absolute Gasteiger partial charge is 0.168 e. The number of nitrogen functional groups attached to an aromatic ring is 1. The van der Waals surface area contributed by atoms with Crippen LogP contribution in [-0.4, -0.2) is 9.97 Å². The van der Waals surface area contributed by atoms with Crippen molar-refractivity contribution in [1.82, 2.24) is 9.97 Å². The van der Waals surface area contributed by atoms with E-state index in [9.17, 15) is 0 Å². The van der Waals surface area contributed by atoms with Crippen molar-refractivity contribution in [2.24, 2.45) is 0 Å². The summed E-state index contributed by atoms with van der Waals surface area (Å²) in [6.07, 6.45) is 1.62.